The lowest BCUT2D eigenvalue weighted by atomic mass is 9.81. The fourth-order valence-corrected chi connectivity index (χ4v) is 3.03. The van der Waals surface area contributed by atoms with Gasteiger partial charge in [-0.05, 0) is 37.3 Å². The molecule has 1 aliphatic rings. The Bertz CT molecular complexity index is 432. The molecule has 21 heavy (non-hydrogen) atoms. The van der Waals surface area contributed by atoms with Crippen molar-refractivity contribution in [2.75, 3.05) is 0 Å². The van der Waals surface area contributed by atoms with Crippen molar-refractivity contribution < 1.29 is 4.74 Å². The van der Waals surface area contributed by atoms with Gasteiger partial charge < -0.3 is 4.74 Å². The Morgan fingerprint density at radius 1 is 1.10 bits per heavy atom. The normalized spacial score (nSPS) is 22.9. The minimum absolute atomic E-state index is 0.335. The number of ether oxygens (including phenoxy) is 1. The second kappa shape index (κ2) is 9.44. The van der Waals surface area contributed by atoms with Crippen molar-refractivity contribution in [2.45, 2.75) is 63.9 Å². The van der Waals surface area contributed by atoms with Crippen LogP contribution in [0.1, 0.15) is 63.4 Å². The summed E-state index contributed by atoms with van der Waals surface area (Å²) in [5.74, 6) is 0.550. The van der Waals surface area contributed by atoms with E-state index in [1.165, 1.54) is 44.1 Å². The van der Waals surface area contributed by atoms with Crippen LogP contribution in [0.5, 0.6) is 0 Å². The van der Waals surface area contributed by atoms with Crippen molar-refractivity contribution in [3.05, 3.63) is 60.4 Å². The first kappa shape index (κ1) is 15.9. The van der Waals surface area contributed by atoms with Gasteiger partial charge in [-0.3, -0.25) is 0 Å². The highest BCUT2D eigenvalue weighted by Gasteiger charge is 2.26. The Balaban J connectivity index is 1.85. The number of hydrogen-bond donors (Lipinski definition) is 0. The number of benzene rings is 1. The highest BCUT2D eigenvalue weighted by Crippen LogP contribution is 2.34. The average Bonchev–Trinajstić information content (AvgIpc) is 2.55. The van der Waals surface area contributed by atoms with Crippen molar-refractivity contribution >= 4 is 0 Å². The summed E-state index contributed by atoms with van der Waals surface area (Å²) < 4.78 is 6.02. The topological polar surface area (TPSA) is 9.23 Å². The smallest absolute Gasteiger partial charge is 0.105 e. The highest BCUT2D eigenvalue weighted by atomic mass is 16.5. The van der Waals surface area contributed by atoms with Crippen LogP contribution in [0.15, 0.2) is 54.8 Å². The van der Waals surface area contributed by atoms with Crippen LogP contribution in [0.3, 0.4) is 0 Å². The predicted molar refractivity (Wildman–Crippen MR) is 90.3 cm³/mol. The molecule has 1 heteroatoms. The van der Waals surface area contributed by atoms with Crippen molar-refractivity contribution in [1.29, 1.82) is 0 Å². The van der Waals surface area contributed by atoms with E-state index in [0.29, 0.717) is 12.0 Å². The van der Waals surface area contributed by atoms with Crippen molar-refractivity contribution in [2.24, 2.45) is 0 Å². The number of allylic oxidation sites excluding steroid dienone is 3. The van der Waals surface area contributed by atoms with E-state index >= 15 is 0 Å². The van der Waals surface area contributed by atoms with E-state index in [1.807, 2.05) is 12.3 Å². The summed E-state index contributed by atoms with van der Waals surface area (Å²) in [6, 6.07) is 10.8. The molecule has 1 aromatic rings. The maximum absolute atomic E-state index is 6.02. The van der Waals surface area contributed by atoms with E-state index in [9.17, 15) is 0 Å². The maximum atomic E-state index is 6.02. The zero-order chi connectivity index (χ0) is 14.8. The molecule has 0 amide bonds. The van der Waals surface area contributed by atoms with Gasteiger partial charge in [-0.15, -0.1) is 0 Å². The van der Waals surface area contributed by atoms with Crippen LogP contribution < -0.4 is 0 Å². The molecule has 0 N–H and O–H groups in total. The lowest BCUT2D eigenvalue weighted by molar-refractivity contribution is 0.0848. The molecule has 0 aromatic heterocycles. The first-order valence-electron chi connectivity index (χ1n) is 8.44. The van der Waals surface area contributed by atoms with Crippen molar-refractivity contribution in [3.63, 3.8) is 0 Å². The molecule has 0 spiro atoms. The maximum Gasteiger partial charge on any atom is 0.105 e. The molecular formula is C20H28O. The summed E-state index contributed by atoms with van der Waals surface area (Å²) in [7, 11) is 0. The third kappa shape index (κ3) is 5.41. The molecule has 0 bridgehead atoms. The first-order chi connectivity index (χ1) is 10.4. The van der Waals surface area contributed by atoms with E-state index in [2.05, 4.69) is 49.4 Å². The van der Waals surface area contributed by atoms with Gasteiger partial charge in [-0.25, -0.2) is 0 Å². The third-order valence-corrected chi connectivity index (χ3v) is 4.23. The summed E-state index contributed by atoms with van der Waals surface area (Å²) in [5.41, 5.74) is 1.43. The molecule has 0 saturated heterocycles. The summed E-state index contributed by atoms with van der Waals surface area (Å²) in [4.78, 5) is 0. The average molecular weight is 284 g/mol. The molecule has 2 atom stereocenters. The van der Waals surface area contributed by atoms with Crippen LogP contribution in [0, 0.1) is 0 Å². The van der Waals surface area contributed by atoms with Gasteiger partial charge in [0.15, 0.2) is 0 Å². The van der Waals surface area contributed by atoms with Crippen molar-refractivity contribution in [1.82, 2.24) is 0 Å². The van der Waals surface area contributed by atoms with Crippen LogP contribution in [-0.4, -0.2) is 6.10 Å². The van der Waals surface area contributed by atoms with Gasteiger partial charge in [-0.2, -0.15) is 0 Å². The van der Waals surface area contributed by atoms with Gasteiger partial charge in [0.25, 0.3) is 0 Å². The second-order valence-electron chi connectivity index (χ2n) is 5.88. The van der Waals surface area contributed by atoms with Crippen LogP contribution in [0.2, 0.25) is 0 Å². The van der Waals surface area contributed by atoms with E-state index in [1.54, 1.807) is 0 Å². The molecule has 1 aliphatic carbocycles. The fourth-order valence-electron chi connectivity index (χ4n) is 3.03. The summed E-state index contributed by atoms with van der Waals surface area (Å²) in [5, 5.41) is 0. The van der Waals surface area contributed by atoms with Gasteiger partial charge in [-0.1, -0.05) is 68.7 Å². The third-order valence-electron chi connectivity index (χ3n) is 4.23. The van der Waals surface area contributed by atoms with Crippen LogP contribution in [0.25, 0.3) is 0 Å². The van der Waals surface area contributed by atoms with E-state index in [4.69, 9.17) is 4.74 Å². The van der Waals surface area contributed by atoms with Crippen LogP contribution in [0.4, 0.5) is 0 Å². The Hall–Kier alpha value is -1.50. The molecule has 0 unspecified atom stereocenters. The Kier molecular flexibility index (Phi) is 7.14. The quantitative estimate of drug-likeness (QED) is 0.339. The Morgan fingerprint density at radius 3 is 2.71 bits per heavy atom. The molecule has 1 fully saturated rings. The molecule has 1 nitrogen and oxygen atoms in total. The summed E-state index contributed by atoms with van der Waals surface area (Å²) in [6.45, 7) is 2.22. The molecule has 2 rings (SSSR count). The number of unbranched alkanes of at least 4 members (excludes halogenated alkanes) is 2. The van der Waals surface area contributed by atoms with Crippen LogP contribution >= 0.6 is 0 Å². The lowest BCUT2D eigenvalue weighted by Gasteiger charge is -2.31. The molecule has 0 heterocycles. The molecule has 0 aliphatic heterocycles. The standard InChI is InChI=1S/C20H28O/c1-2-3-4-5-6-12-17-21-20-16-11-10-15-19(20)18-13-8-7-9-14-18/h5-9,12-14,17,19-20H,2-4,10-11,15-16H2,1H3/b6-5+,17-12-/t19-,20+/m1/s1. The first-order valence-corrected chi connectivity index (χ1v) is 8.44. The van der Waals surface area contributed by atoms with E-state index in [0.717, 1.165) is 6.42 Å². The minimum Gasteiger partial charge on any atom is -0.497 e. The van der Waals surface area contributed by atoms with Gasteiger partial charge in [0.2, 0.25) is 0 Å². The van der Waals surface area contributed by atoms with Crippen LogP contribution in [-0.2, 0) is 4.74 Å². The number of rotatable bonds is 7. The van der Waals surface area contributed by atoms with Crippen molar-refractivity contribution in [3.8, 4) is 0 Å². The predicted octanol–water partition coefficient (Wildman–Crippen LogP) is 5.99. The Labute approximate surface area is 129 Å². The van der Waals surface area contributed by atoms with Gasteiger partial charge >= 0.3 is 0 Å². The number of hydrogen-bond acceptors (Lipinski definition) is 1. The van der Waals surface area contributed by atoms with Gasteiger partial charge in [0, 0.05) is 5.92 Å². The monoisotopic (exact) mass is 284 g/mol. The molecule has 114 valence electrons. The van der Waals surface area contributed by atoms with Gasteiger partial charge in [0.1, 0.15) is 6.10 Å². The van der Waals surface area contributed by atoms with E-state index < -0.39 is 0 Å². The summed E-state index contributed by atoms with van der Waals surface area (Å²) >= 11 is 0. The lowest BCUT2D eigenvalue weighted by Crippen LogP contribution is -2.24. The van der Waals surface area contributed by atoms with E-state index in [-0.39, 0.29) is 0 Å². The second-order valence-corrected chi connectivity index (χ2v) is 5.88. The zero-order valence-corrected chi connectivity index (χ0v) is 13.2. The van der Waals surface area contributed by atoms with Gasteiger partial charge in [0.05, 0.1) is 6.26 Å². The minimum atomic E-state index is 0.335. The molecule has 1 aromatic carbocycles. The zero-order valence-electron chi connectivity index (χ0n) is 13.2. The Morgan fingerprint density at radius 2 is 1.90 bits per heavy atom. The summed E-state index contributed by atoms with van der Waals surface area (Å²) in [6.07, 6.45) is 17.3. The highest BCUT2D eigenvalue weighted by molar-refractivity contribution is 5.21. The SMILES string of the molecule is CCCC/C=C/C=C\O[C@H]1CCCC[C@@H]1c1ccccc1. The molecule has 0 radical (unpaired) electrons. The molecular weight excluding hydrogens is 256 g/mol. The molecule has 1 saturated carbocycles. The fraction of sp³-hybridized carbons (Fsp3) is 0.500. The largest absolute Gasteiger partial charge is 0.497 e.